The molecule has 1 atom stereocenters. The summed E-state index contributed by atoms with van der Waals surface area (Å²) < 4.78 is 44.2. The Morgan fingerprint density at radius 2 is 2.04 bits per heavy atom. The number of likely N-dealkylation sites (tertiary alicyclic amines) is 1. The second-order valence-corrected chi connectivity index (χ2v) is 7.69. The van der Waals surface area contributed by atoms with Crippen molar-refractivity contribution in [1.82, 2.24) is 9.80 Å². The average molecular weight is 401 g/mol. The first kappa shape index (κ1) is 20.4. The largest absolute Gasteiger partial charge is 0.416 e. The molecule has 4 nitrogen and oxygen atoms in total. The Labute approximate surface area is 163 Å². The van der Waals surface area contributed by atoms with E-state index in [2.05, 4.69) is 17.3 Å². The molecule has 1 N–H and O–H groups in total. The van der Waals surface area contributed by atoms with Gasteiger partial charge in [-0.1, -0.05) is 6.07 Å². The fourth-order valence-electron chi connectivity index (χ4n) is 3.74. The Balaban J connectivity index is 1.48. The monoisotopic (exact) mass is 401 g/mol. The molecule has 2 heterocycles. The molecular weight excluding hydrogens is 375 g/mol. The van der Waals surface area contributed by atoms with Crippen molar-refractivity contribution in [3.05, 3.63) is 29.8 Å². The number of hydrogen-bond acceptors (Lipinski definition) is 3. The summed E-state index contributed by atoms with van der Waals surface area (Å²) >= 11 is 5.41. The Morgan fingerprint density at radius 3 is 2.67 bits per heavy atom. The molecule has 0 aliphatic carbocycles. The third kappa shape index (κ3) is 5.56. The minimum Gasteiger partial charge on any atom is -0.377 e. The van der Waals surface area contributed by atoms with Crippen LogP contribution in [-0.2, 0) is 10.9 Å². The van der Waals surface area contributed by atoms with Crippen molar-refractivity contribution >= 4 is 23.0 Å². The first-order chi connectivity index (χ1) is 12.8. The van der Waals surface area contributed by atoms with Gasteiger partial charge in [-0.2, -0.15) is 13.2 Å². The number of alkyl halides is 3. The maximum absolute atomic E-state index is 12.8. The van der Waals surface area contributed by atoms with Crippen LogP contribution in [0.2, 0.25) is 0 Å². The highest BCUT2D eigenvalue weighted by molar-refractivity contribution is 7.80. The lowest BCUT2D eigenvalue weighted by Gasteiger charge is -2.38. The molecule has 2 aliphatic rings. The van der Waals surface area contributed by atoms with Gasteiger partial charge in [0.1, 0.15) is 0 Å². The number of nitrogens with zero attached hydrogens (tertiary/aromatic N) is 2. The molecule has 2 saturated heterocycles. The highest BCUT2D eigenvalue weighted by atomic mass is 32.1. The van der Waals surface area contributed by atoms with E-state index in [-0.39, 0.29) is 0 Å². The summed E-state index contributed by atoms with van der Waals surface area (Å²) in [5.41, 5.74) is -0.308. The molecule has 0 aromatic heterocycles. The molecule has 1 aromatic rings. The maximum Gasteiger partial charge on any atom is 0.416 e. The second kappa shape index (κ2) is 8.75. The van der Waals surface area contributed by atoms with Crippen LogP contribution in [0.4, 0.5) is 18.9 Å². The summed E-state index contributed by atoms with van der Waals surface area (Å²) in [7, 11) is 2.14. The van der Waals surface area contributed by atoms with Crippen molar-refractivity contribution in [1.29, 1.82) is 0 Å². The smallest absolute Gasteiger partial charge is 0.377 e. The number of anilines is 1. The number of likely N-dealkylation sites (N-methyl/N-ethyl adjacent to an activating group) is 1. The second-order valence-electron chi connectivity index (χ2n) is 7.30. The van der Waals surface area contributed by atoms with Crippen LogP contribution in [0, 0.1) is 0 Å². The number of thiocarbonyl (C=S) groups is 1. The number of benzene rings is 1. The number of hydrogen-bond donors (Lipinski definition) is 1. The molecule has 2 aliphatic heterocycles. The zero-order chi connectivity index (χ0) is 19.4. The topological polar surface area (TPSA) is 27.7 Å². The number of rotatable bonds is 4. The molecule has 0 bridgehead atoms. The van der Waals surface area contributed by atoms with Crippen molar-refractivity contribution in [2.45, 2.75) is 44.0 Å². The standard InChI is InChI=1S/C19H26F3N3OS/c1-24(13-17-6-3-11-26-17)16-7-9-25(10-8-16)18(27)23-15-5-2-4-14(12-15)19(20,21)22/h2,4-5,12,16-17H,3,6-11,13H2,1H3,(H,23,27). The summed E-state index contributed by atoms with van der Waals surface area (Å²) in [4.78, 5) is 4.41. The van der Waals surface area contributed by atoms with E-state index in [0.29, 0.717) is 22.9 Å². The van der Waals surface area contributed by atoms with Crippen molar-refractivity contribution in [3.63, 3.8) is 0 Å². The first-order valence-corrected chi connectivity index (χ1v) is 9.79. The van der Waals surface area contributed by atoms with Gasteiger partial charge in [0.05, 0.1) is 11.7 Å². The Kier molecular flexibility index (Phi) is 6.60. The van der Waals surface area contributed by atoms with Crippen molar-refractivity contribution in [3.8, 4) is 0 Å². The van der Waals surface area contributed by atoms with Gasteiger partial charge < -0.3 is 19.9 Å². The molecule has 0 radical (unpaired) electrons. The highest BCUT2D eigenvalue weighted by Crippen LogP contribution is 2.30. The molecular formula is C19H26F3N3OS. The van der Waals surface area contributed by atoms with Crippen LogP contribution in [-0.4, -0.2) is 60.3 Å². The average Bonchev–Trinajstić information content (AvgIpc) is 3.14. The number of halogens is 3. The summed E-state index contributed by atoms with van der Waals surface area (Å²) in [5, 5.41) is 3.43. The van der Waals surface area contributed by atoms with Gasteiger partial charge in [0, 0.05) is 38.0 Å². The minimum atomic E-state index is -4.36. The van der Waals surface area contributed by atoms with Gasteiger partial charge in [-0.25, -0.2) is 0 Å². The maximum atomic E-state index is 12.8. The fourth-order valence-corrected chi connectivity index (χ4v) is 4.04. The zero-order valence-corrected chi connectivity index (χ0v) is 16.3. The van der Waals surface area contributed by atoms with E-state index in [1.807, 2.05) is 4.90 Å². The van der Waals surface area contributed by atoms with E-state index in [9.17, 15) is 13.2 Å². The third-order valence-corrected chi connectivity index (χ3v) is 5.69. The zero-order valence-electron chi connectivity index (χ0n) is 15.5. The summed E-state index contributed by atoms with van der Waals surface area (Å²) in [6.07, 6.45) is 0.226. The van der Waals surface area contributed by atoms with Crippen LogP contribution in [0.15, 0.2) is 24.3 Å². The van der Waals surface area contributed by atoms with Crippen LogP contribution < -0.4 is 5.32 Å². The van der Waals surface area contributed by atoms with Gasteiger partial charge in [0.2, 0.25) is 0 Å². The van der Waals surface area contributed by atoms with Crippen LogP contribution >= 0.6 is 12.2 Å². The lowest BCUT2D eigenvalue weighted by Crippen LogP contribution is -2.48. The molecule has 1 aromatic carbocycles. The summed E-state index contributed by atoms with van der Waals surface area (Å²) in [5.74, 6) is 0. The molecule has 0 spiro atoms. The third-order valence-electron chi connectivity index (χ3n) is 5.33. The Morgan fingerprint density at radius 1 is 1.30 bits per heavy atom. The SMILES string of the molecule is CN(CC1CCCO1)C1CCN(C(=S)Nc2cccc(C(F)(F)F)c2)CC1. The molecule has 2 fully saturated rings. The number of piperidine rings is 1. The Hall–Kier alpha value is -1.38. The fraction of sp³-hybridized carbons (Fsp3) is 0.632. The lowest BCUT2D eigenvalue weighted by atomic mass is 10.0. The molecule has 0 saturated carbocycles. The van der Waals surface area contributed by atoms with Crippen molar-refractivity contribution in [2.75, 3.05) is 38.6 Å². The van der Waals surface area contributed by atoms with Crippen molar-refractivity contribution < 1.29 is 17.9 Å². The number of ether oxygens (including phenoxy) is 1. The predicted octanol–water partition coefficient (Wildman–Crippen LogP) is 3.98. The predicted molar refractivity (Wildman–Crippen MR) is 104 cm³/mol. The normalized spacial score (nSPS) is 21.7. The van der Waals surface area contributed by atoms with E-state index in [4.69, 9.17) is 17.0 Å². The molecule has 3 rings (SSSR count). The van der Waals surface area contributed by atoms with Crippen LogP contribution in [0.5, 0.6) is 0 Å². The van der Waals surface area contributed by atoms with E-state index in [1.54, 1.807) is 6.07 Å². The summed E-state index contributed by atoms with van der Waals surface area (Å²) in [6.45, 7) is 3.42. The van der Waals surface area contributed by atoms with Crippen LogP contribution in [0.1, 0.15) is 31.2 Å². The lowest BCUT2D eigenvalue weighted by molar-refractivity contribution is -0.137. The van der Waals surface area contributed by atoms with Crippen LogP contribution in [0.3, 0.4) is 0 Å². The van der Waals surface area contributed by atoms with Gasteiger partial charge in [-0.15, -0.1) is 0 Å². The van der Waals surface area contributed by atoms with Gasteiger partial charge in [0.15, 0.2) is 5.11 Å². The minimum absolute atomic E-state index is 0.344. The van der Waals surface area contributed by atoms with Gasteiger partial charge in [0.25, 0.3) is 0 Å². The van der Waals surface area contributed by atoms with Crippen molar-refractivity contribution in [2.24, 2.45) is 0 Å². The van der Waals surface area contributed by atoms with Gasteiger partial charge in [-0.05, 0) is 63.1 Å². The number of nitrogens with one attached hydrogen (secondary N) is 1. The molecule has 27 heavy (non-hydrogen) atoms. The molecule has 1 unspecified atom stereocenters. The van der Waals surface area contributed by atoms with E-state index in [0.717, 1.165) is 64.1 Å². The van der Waals surface area contributed by atoms with E-state index in [1.165, 1.54) is 6.07 Å². The molecule has 8 heteroatoms. The van der Waals surface area contributed by atoms with E-state index < -0.39 is 11.7 Å². The first-order valence-electron chi connectivity index (χ1n) is 9.38. The summed E-state index contributed by atoms with van der Waals surface area (Å²) in [6, 6.07) is 5.63. The van der Waals surface area contributed by atoms with Crippen LogP contribution in [0.25, 0.3) is 0 Å². The van der Waals surface area contributed by atoms with Gasteiger partial charge >= 0.3 is 6.18 Å². The molecule has 0 amide bonds. The van der Waals surface area contributed by atoms with E-state index >= 15 is 0 Å². The quantitative estimate of drug-likeness (QED) is 0.771. The highest BCUT2D eigenvalue weighted by Gasteiger charge is 2.31. The van der Waals surface area contributed by atoms with Gasteiger partial charge in [-0.3, -0.25) is 0 Å². The Bertz CT molecular complexity index is 641. The molecule has 150 valence electrons.